The van der Waals surface area contributed by atoms with Crippen LogP contribution in [-0.2, 0) is 17.3 Å². The number of alkyl halides is 3. The van der Waals surface area contributed by atoms with Crippen molar-refractivity contribution in [2.75, 3.05) is 13.1 Å². The van der Waals surface area contributed by atoms with Crippen molar-refractivity contribution in [3.8, 4) is 11.4 Å². The van der Waals surface area contributed by atoms with E-state index >= 15 is 0 Å². The molecule has 1 aromatic heterocycles. The fourth-order valence-electron chi connectivity index (χ4n) is 3.83. The molecule has 180 valence electrons. The Labute approximate surface area is 195 Å². The lowest BCUT2D eigenvalue weighted by atomic mass is 9.98. The lowest BCUT2D eigenvalue weighted by molar-refractivity contribution is -0.137. The topological polar surface area (TPSA) is 73.1 Å². The van der Waals surface area contributed by atoms with Gasteiger partial charge >= 0.3 is 12.3 Å². The Balaban J connectivity index is 1.48. The summed E-state index contributed by atoms with van der Waals surface area (Å²) in [6.45, 7) is 6.45. The van der Waals surface area contributed by atoms with Crippen molar-refractivity contribution < 1.29 is 22.7 Å². The summed E-state index contributed by atoms with van der Waals surface area (Å²) in [6.07, 6.45) is -3.61. The normalized spacial score (nSPS) is 16.6. The van der Waals surface area contributed by atoms with E-state index in [0.29, 0.717) is 31.8 Å². The van der Waals surface area contributed by atoms with Gasteiger partial charge in [0.25, 0.3) is 0 Å². The fourth-order valence-corrected chi connectivity index (χ4v) is 3.83. The minimum Gasteiger partial charge on any atom is -0.444 e. The molecule has 7 nitrogen and oxygen atoms in total. The molecule has 0 saturated carbocycles. The second-order valence-electron chi connectivity index (χ2n) is 9.33. The van der Waals surface area contributed by atoms with Crippen LogP contribution in [0.25, 0.3) is 11.4 Å². The summed E-state index contributed by atoms with van der Waals surface area (Å²) in [7, 11) is 0. The first-order valence-corrected chi connectivity index (χ1v) is 11.0. The van der Waals surface area contributed by atoms with E-state index in [1.54, 1.807) is 4.90 Å². The number of benzene rings is 2. The van der Waals surface area contributed by atoms with Crippen LogP contribution >= 0.6 is 0 Å². The molecule has 1 aliphatic rings. The van der Waals surface area contributed by atoms with Gasteiger partial charge in [0, 0.05) is 18.7 Å². The Bertz CT molecular complexity index is 1150. The zero-order chi connectivity index (χ0) is 24.5. The van der Waals surface area contributed by atoms with E-state index in [2.05, 4.69) is 15.4 Å². The second-order valence-corrected chi connectivity index (χ2v) is 9.33. The molecule has 0 spiro atoms. The van der Waals surface area contributed by atoms with E-state index in [-0.39, 0.29) is 12.1 Å². The Kier molecular flexibility index (Phi) is 6.33. The lowest BCUT2D eigenvalue weighted by Gasteiger charge is -2.24. The summed E-state index contributed by atoms with van der Waals surface area (Å²) in [5, 5.41) is 13.0. The van der Waals surface area contributed by atoms with Crippen LogP contribution in [0.15, 0.2) is 48.5 Å². The highest BCUT2D eigenvalue weighted by molar-refractivity contribution is 5.68. The average Bonchev–Trinajstić information content (AvgIpc) is 3.43. The predicted octanol–water partition coefficient (Wildman–Crippen LogP) is 5.13. The van der Waals surface area contributed by atoms with Crippen LogP contribution < -0.4 is 0 Å². The monoisotopic (exact) mass is 473 g/mol. The second kappa shape index (κ2) is 9.08. The quantitative estimate of drug-likeness (QED) is 0.525. The Morgan fingerprint density at radius 1 is 1.09 bits per heavy atom. The van der Waals surface area contributed by atoms with Crippen molar-refractivity contribution in [2.45, 2.75) is 51.4 Å². The summed E-state index contributed by atoms with van der Waals surface area (Å²) in [4.78, 5) is 15.5. The number of rotatable bonds is 4. The third-order valence-electron chi connectivity index (χ3n) is 5.50. The van der Waals surface area contributed by atoms with E-state index in [1.165, 1.54) is 16.9 Å². The van der Waals surface area contributed by atoms with E-state index in [4.69, 9.17) is 4.74 Å². The number of carbonyl (C=O) groups excluding carboxylic acids is 1. The largest absolute Gasteiger partial charge is 0.444 e. The Morgan fingerprint density at radius 2 is 1.79 bits per heavy atom. The number of halogens is 3. The van der Waals surface area contributed by atoms with Crippen molar-refractivity contribution in [1.29, 1.82) is 0 Å². The van der Waals surface area contributed by atoms with Gasteiger partial charge in [0.1, 0.15) is 5.60 Å². The molecule has 2 heterocycles. The van der Waals surface area contributed by atoms with E-state index < -0.39 is 17.3 Å². The first kappa shape index (κ1) is 23.7. The number of nitrogens with zero attached hydrogens (tertiary/aromatic N) is 5. The smallest absolute Gasteiger partial charge is 0.416 e. The Hall–Kier alpha value is -3.43. The molecule has 0 aliphatic carbocycles. The maximum atomic E-state index is 12.8. The van der Waals surface area contributed by atoms with Gasteiger partial charge in [-0.2, -0.15) is 18.0 Å². The van der Waals surface area contributed by atoms with Crippen LogP contribution in [0.1, 0.15) is 49.9 Å². The van der Waals surface area contributed by atoms with Crippen molar-refractivity contribution in [3.63, 3.8) is 0 Å². The van der Waals surface area contributed by atoms with Gasteiger partial charge in [0.2, 0.25) is 5.82 Å². The summed E-state index contributed by atoms with van der Waals surface area (Å²) in [6, 6.07) is 12.5. The van der Waals surface area contributed by atoms with Crippen LogP contribution in [0.3, 0.4) is 0 Å². The molecule has 1 amide bonds. The molecule has 0 N–H and O–H groups in total. The molecule has 1 fully saturated rings. The number of carbonyl (C=O) groups is 1. The van der Waals surface area contributed by atoms with E-state index in [0.717, 1.165) is 28.8 Å². The van der Waals surface area contributed by atoms with Gasteiger partial charge in [-0.1, -0.05) is 36.4 Å². The van der Waals surface area contributed by atoms with Gasteiger partial charge in [0.15, 0.2) is 0 Å². The molecule has 1 saturated heterocycles. The first-order valence-electron chi connectivity index (χ1n) is 11.0. The van der Waals surface area contributed by atoms with Gasteiger partial charge in [-0.05, 0) is 62.1 Å². The molecule has 2 aromatic carbocycles. The molecule has 0 radical (unpaired) electrons. The first-order chi connectivity index (χ1) is 16.0. The number of tetrazole rings is 1. The molecule has 1 aliphatic heterocycles. The zero-order valence-electron chi connectivity index (χ0n) is 19.2. The molecule has 10 heteroatoms. The molecule has 3 aromatic rings. The molecule has 4 rings (SSSR count). The standard InChI is InChI=1S/C24H26F3N5O2/c1-23(2,3)34-22(33)31-13-12-19(15-31)32-29-21(28-30-32)20-7-5-4-6-17(20)14-16-8-10-18(11-9-16)24(25,26)27/h4-11,19H,12-15H2,1-3H3. The van der Waals surface area contributed by atoms with Gasteiger partial charge in [0.05, 0.1) is 11.6 Å². The molecular formula is C24H26F3N5O2. The SMILES string of the molecule is CC(C)(C)OC(=O)N1CCC(n2nnc(-c3ccccc3Cc3ccc(C(F)(F)F)cc3)n2)C1. The highest BCUT2D eigenvalue weighted by Gasteiger charge is 2.32. The summed E-state index contributed by atoms with van der Waals surface area (Å²) in [5.41, 5.74) is 1.15. The van der Waals surface area contributed by atoms with Crippen molar-refractivity contribution in [3.05, 3.63) is 65.2 Å². The number of aromatic nitrogens is 4. The lowest BCUT2D eigenvalue weighted by Crippen LogP contribution is -2.35. The summed E-state index contributed by atoms with van der Waals surface area (Å²) in [5.74, 6) is 0.429. The molecule has 1 atom stereocenters. The van der Waals surface area contributed by atoms with Crippen molar-refractivity contribution in [1.82, 2.24) is 25.1 Å². The van der Waals surface area contributed by atoms with E-state index in [1.807, 2.05) is 45.0 Å². The third kappa shape index (κ3) is 5.55. The van der Waals surface area contributed by atoms with Crippen molar-refractivity contribution >= 4 is 6.09 Å². The number of hydrogen-bond donors (Lipinski definition) is 0. The molecular weight excluding hydrogens is 447 g/mol. The van der Waals surface area contributed by atoms with Gasteiger partial charge in [-0.3, -0.25) is 0 Å². The zero-order valence-corrected chi connectivity index (χ0v) is 19.2. The molecule has 34 heavy (non-hydrogen) atoms. The van der Waals surface area contributed by atoms with Gasteiger partial charge < -0.3 is 9.64 Å². The summed E-state index contributed by atoms with van der Waals surface area (Å²) < 4.78 is 44.0. The molecule has 1 unspecified atom stereocenters. The van der Waals surface area contributed by atoms with Crippen LogP contribution in [0.5, 0.6) is 0 Å². The average molecular weight is 473 g/mol. The Morgan fingerprint density at radius 3 is 2.47 bits per heavy atom. The highest BCUT2D eigenvalue weighted by Crippen LogP contribution is 2.30. The highest BCUT2D eigenvalue weighted by atomic mass is 19.4. The number of ether oxygens (including phenoxy) is 1. The van der Waals surface area contributed by atoms with Crippen LogP contribution in [0.4, 0.5) is 18.0 Å². The van der Waals surface area contributed by atoms with E-state index in [9.17, 15) is 18.0 Å². The maximum Gasteiger partial charge on any atom is 0.416 e. The van der Waals surface area contributed by atoms with Crippen molar-refractivity contribution in [2.24, 2.45) is 0 Å². The van der Waals surface area contributed by atoms with Crippen LogP contribution in [-0.4, -0.2) is 49.9 Å². The number of hydrogen-bond acceptors (Lipinski definition) is 5. The van der Waals surface area contributed by atoms with Gasteiger partial charge in [-0.25, -0.2) is 4.79 Å². The van der Waals surface area contributed by atoms with Crippen LogP contribution in [0, 0.1) is 0 Å². The number of amides is 1. The van der Waals surface area contributed by atoms with Crippen LogP contribution in [0.2, 0.25) is 0 Å². The minimum atomic E-state index is -4.36. The summed E-state index contributed by atoms with van der Waals surface area (Å²) >= 11 is 0. The number of likely N-dealkylation sites (tertiary alicyclic amines) is 1. The minimum absolute atomic E-state index is 0.115. The maximum absolute atomic E-state index is 12.8. The molecule has 0 bridgehead atoms. The predicted molar refractivity (Wildman–Crippen MR) is 119 cm³/mol. The third-order valence-corrected chi connectivity index (χ3v) is 5.50. The van der Waals surface area contributed by atoms with Gasteiger partial charge in [-0.15, -0.1) is 10.2 Å². The fraction of sp³-hybridized carbons (Fsp3) is 0.417.